The first-order valence-corrected chi connectivity index (χ1v) is 18.5. The number of hydrogen-bond donors (Lipinski definition) is 2. The minimum Gasteiger partial charge on any atom is -0.502 e. The highest BCUT2D eigenvalue weighted by Crippen LogP contribution is 2.61. The van der Waals surface area contributed by atoms with Crippen molar-refractivity contribution in [1.29, 1.82) is 0 Å². The zero-order valence-electron chi connectivity index (χ0n) is 31.3. The third-order valence-electron chi connectivity index (χ3n) is 12.3. The number of carbonyl (C=O) groups excluding carboxylic acids is 2. The molecule has 2 aliphatic carbocycles. The highest BCUT2D eigenvalue weighted by Gasteiger charge is 2.58. The first-order chi connectivity index (χ1) is 27.7. The summed E-state index contributed by atoms with van der Waals surface area (Å²) in [5.74, 6) is -2.01. The van der Waals surface area contributed by atoms with Crippen LogP contribution in [-0.4, -0.2) is 77.4 Å². The fourth-order valence-corrected chi connectivity index (χ4v) is 9.72. The number of ether oxygens (including phenoxy) is 11. The summed E-state index contributed by atoms with van der Waals surface area (Å²) in [7, 11) is 5.78. The van der Waals surface area contributed by atoms with Crippen LogP contribution in [0.4, 0.5) is 0 Å². The number of rotatable bonds is 8. The molecule has 2 N–H and O–H groups in total. The lowest BCUT2D eigenvalue weighted by atomic mass is 9.64. The Morgan fingerprint density at radius 1 is 0.491 bits per heavy atom. The maximum atomic E-state index is 14.0. The average molecular weight is 783 g/mol. The SMILES string of the molecule is COc1cc([C@@H]2c3cc4c(cc3[C@@H](O[C@@H]3c5cc6c(cc5[C@@H](c5cc(OC)c(O)c(OC)c5)[C@H]5C(=O)OC[C@@H]53)OCO6)[C@H]3COC(=O)[C@H]23)OCO4)cc(OC)c1O. The number of phenols is 2. The van der Waals surface area contributed by atoms with Crippen molar-refractivity contribution in [1.82, 2.24) is 0 Å². The molecule has 4 heterocycles. The Kier molecular flexibility index (Phi) is 8.15. The summed E-state index contributed by atoms with van der Waals surface area (Å²) in [5.41, 5.74) is 4.27. The van der Waals surface area contributed by atoms with E-state index in [-0.39, 0.29) is 61.3 Å². The number of benzene rings is 4. The number of carbonyl (C=O) groups is 2. The summed E-state index contributed by atoms with van der Waals surface area (Å²) >= 11 is 0. The Bertz CT molecular complexity index is 2130. The van der Waals surface area contributed by atoms with Crippen LogP contribution in [0.15, 0.2) is 48.5 Å². The van der Waals surface area contributed by atoms with E-state index in [2.05, 4.69) is 0 Å². The second-order valence-electron chi connectivity index (χ2n) is 14.8. The van der Waals surface area contributed by atoms with Crippen LogP contribution in [0, 0.1) is 23.7 Å². The minimum atomic E-state index is -0.742. The van der Waals surface area contributed by atoms with Crippen LogP contribution in [0.1, 0.15) is 57.4 Å². The molecule has 0 bridgehead atoms. The van der Waals surface area contributed by atoms with Crippen LogP contribution in [0.3, 0.4) is 0 Å². The van der Waals surface area contributed by atoms with Gasteiger partial charge >= 0.3 is 11.9 Å². The van der Waals surface area contributed by atoms with Gasteiger partial charge in [-0.25, -0.2) is 0 Å². The molecule has 4 aromatic carbocycles. The van der Waals surface area contributed by atoms with Gasteiger partial charge in [0.25, 0.3) is 0 Å². The fourth-order valence-electron chi connectivity index (χ4n) is 9.72. The Labute approximate surface area is 325 Å². The van der Waals surface area contributed by atoms with Gasteiger partial charge < -0.3 is 62.3 Å². The molecule has 2 saturated heterocycles. The molecule has 0 amide bonds. The van der Waals surface area contributed by atoms with Crippen LogP contribution >= 0.6 is 0 Å². The quantitative estimate of drug-likeness (QED) is 0.221. The monoisotopic (exact) mass is 782 g/mol. The molecule has 0 saturated carbocycles. The second-order valence-corrected chi connectivity index (χ2v) is 14.8. The summed E-state index contributed by atoms with van der Waals surface area (Å²) < 4.78 is 64.6. The number of hydrogen-bond acceptors (Lipinski definition) is 15. The molecule has 15 nitrogen and oxygen atoms in total. The maximum Gasteiger partial charge on any atom is 0.310 e. The molecule has 4 aliphatic heterocycles. The normalized spacial score (nSPS) is 27.1. The lowest BCUT2D eigenvalue weighted by Crippen LogP contribution is -2.40. The summed E-state index contributed by atoms with van der Waals surface area (Å²) in [4.78, 5) is 27.9. The van der Waals surface area contributed by atoms with Crippen LogP contribution in [-0.2, 0) is 23.8 Å². The van der Waals surface area contributed by atoms with E-state index >= 15 is 0 Å². The van der Waals surface area contributed by atoms with E-state index in [0.717, 1.165) is 22.3 Å². The van der Waals surface area contributed by atoms with Gasteiger partial charge in [0, 0.05) is 23.7 Å². The van der Waals surface area contributed by atoms with Crippen molar-refractivity contribution >= 4 is 11.9 Å². The third-order valence-corrected chi connectivity index (χ3v) is 12.3. The molecule has 10 rings (SSSR count). The van der Waals surface area contributed by atoms with E-state index in [0.29, 0.717) is 34.1 Å². The van der Waals surface area contributed by atoms with Crippen molar-refractivity contribution in [2.45, 2.75) is 24.0 Å². The molecule has 0 spiro atoms. The fraction of sp³-hybridized carbons (Fsp3) is 0.381. The van der Waals surface area contributed by atoms with Crippen molar-refractivity contribution in [3.05, 3.63) is 81.9 Å². The zero-order valence-corrected chi connectivity index (χ0v) is 31.3. The summed E-state index contributed by atoms with van der Waals surface area (Å²) in [5, 5.41) is 21.6. The lowest BCUT2D eigenvalue weighted by molar-refractivity contribution is -0.142. The molecule has 2 fully saturated rings. The summed E-state index contributed by atoms with van der Waals surface area (Å²) in [6.07, 6.45) is -1.48. The standard InChI is InChI=1S/C42H38O15/c1-47-29-5-17(6-30(48-2)37(29)43)33-19-9-25-27(55-15-53-25)11-21(19)39(23-13-51-41(45)35(23)33)57-40-22-12-28-26(54-16-56-28)10-20(22)34(36-24(40)14-52-42(36)46)18-7-31(49-3)38(44)32(8-18)50-4/h5-12,23-24,33-36,39-40,43-44H,13-16H2,1-4H3/t23-,24-,33+,34+,35-,36-,39+,40+/m0/s1. The van der Waals surface area contributed by atoms with Crippen molar-refractivity contribution in [3.63, 3.8) is 0 Å². The van der Waals surface area contributed by atoms with Crippen LogP contribution < -0.4 is 37.9 Å². The third kappa shape index (κ3) is 5.20. The van der Waals surface area contributed by atoms with E-state index in [9.17, 15) is 19.8 Å². The topological polar surface area (TPSA) is 176 Å². The lowest BCUT2D eigenvalue weighted by Gasteiger charge is -2.44. The predicted molar refractivity (Wildman–Crippen MR) is 194 cm³/mol. The van der Waals surface area contributed by atoms with Crippen molar-refractivity contribution in [2.24, 2.45) is 23.7 Å². The van der Waals surface area contributed by atoms with E-state index in [1.807, 2.05) is 24.3 Å². The number of fused-ring (bicyclic) bond motifs is 6. The molecule has 15 heteroatoms. The highest BCUT2D eigenvalue weighted by molar-refractivity contribution is 5.80. The second kappa shape index (κ2) is 13.2. The van der Waals surface area contributed by atoms with E-state index in [4.69, 9.17) is 52.1 Å². The van der Waals surface area contributed by atoms with E-state index in [1.165, 1.54) is 28.4 Å². The Balaban J connectivity index is 1.15. The number of phenolic OH excluding ortho intramolecular Hbond substituents is 2. The van der Waals surface area contributed by atoms with Gasteiger partial charge in [0.2, 0.25) is 25.1 Å². The van der Waals surface area contributed by atoms with E-state index < -0.39 is 59.7 Å². The van der Waals surface area contributed by atoms with E-state index in [1.54, 1.807) is 24.3 Å². The number of cyclic esters (lactones) is 2. The molecule has 0 aromatic heterocycles. The maximum absolute atomic E-state index is 14.0. The van der Waals surface area contributed by atoms with Gasteiger partial charge in [-0.15, -0.1) is 0 Å². The molecule has 8 atom stereocenters. The molecular weight excluding hydrogens is 744 g/mol. The van der Waals surface area contributed by atoms with Gasteiger partial charge in [0.05, 0.1) is 65.7 Å². The van der Waals surface area contributed by atoms with Gasteiger partial charge in [0.1, 0.15) is 0 Å². The molecule has 57 heavy (non-hydrogen) atoms. The summed E-state index contributed by atoms with van der Waals surface area (Å²) in [6, 6.07) is 14.3. The van der Waals surface area contributed by atoms with Gasteiger partial charge in [-0.2, -0.15) is 0 Å². The summed E-state index contributed by atoms with van der Waals surface area (Å²) in [6.45, 7) is 0.158. The largest absolute Gasteiger partial charge is 0.502 e. The highest BCUT2D eigenvalue weighted by atomic mass is 16.7. The van der Waals surface area contributed by atoms with Gasteiger partial charge in [-0.05, 0) is 81.9 Å². The first-order valence-electron chi connectivity index (χ1n) is 18.5. The molecule has 0 unspecified atom stereocenters. The predicted octanol–water partition coefficient (Wildman–Crippen LogP) is 5.26. The van der Waals surface area contributed by atoms with Crippen LogP contribution in [0.5, 0.6) is 57.5 Å². The number of aromatic hydroxyl groups is 2. The molecule has 4 aromatic rings. The van der Waals surface area contributed by atoms with Gasteiger partial charge in [0.15, 0.2) is 46.0 Å². The van der Waals surface area contributed by atoms with Crippen molar-refractivity contribution in [2.75, 3.05) is 55.2 Å². The van der Waals surface area contributed by atoms with Crippen LogP contribution in [0.2, 0.25) is 0 Å². The molecule has 6 aliphatic rings. The number of esters is 2. The van der Waals surface area contributed by atoms with Crippen LogP contribution in [0.25, 0.3) is 0 Å². The zero-order chi connectivity index (χ0) is 39.3. The van der Waals surface area contributed by atoms with Gasteiger partial charge in [-0.3, -0.25) is 9.59 Å². The number of methoxy groups -OCH3 is 4. The molecule has 296 valence electrons. The smallest absolute Gasteiger partial charge is 0.310 e. The minimum absolute atomic E-state index is 0.0186. The van der Waals surface area contributed by atoms with Gasteiger partial charge in [-0.1, -0.05) is 0 Å². The average Bonchev–Trinajstić information content (AvgIpc) is 4.04. The van der Waals surface area contributed by atoms with Crippen molar-refractivity contribution in [3.8, 4) is 57.5 Å². The van der Waals surface area contributed by atoms with Crippen molar-refractivity contribution < 1.29 is 71.9 Å². The Morgan fingerprint density at radius 3 is 1.16 bits per heavy atom. The molecular formula is C42H38O15. The Hall–Kier alpha value is -6.22. The Morgan fingerprint density at radius 2 is 0.825 bits per heavy atom. The first kappa shape index (κ1) is 35.2. The molecule has 0 radical (unpaired) electrons.